The quantitative estimate of drug-likeness (QED) is 0.703. The van der Waals surface area contributed by atoms with E-state index in [1.54, 1.807) is 0 Å². The molecule has 0 aromatic rings. The molecule has 15 heavy (non-hydrogen) atoms. The fraction of sp³-hybridized carbons (Fsp3) is 0.917. The summed E-state index contributed by atoms with van der Waals surface area (Å²) in [5.41, 5.74) is 0. The van der Waals surface area contributed by atoms with Crippen molar-refractivity contribution in [2.45, 2.75) is 52.0 Å². The van der Waals surface area contributed by atoms with Gasteiger partial charge in [-0.15, -0.1) is 0 Å². The first-order valence-electron chi connectivity index (χ1n) is 6.29. The highest BCUT2D eigenvalue weighted by molar-refractivity contribution is 5.78. The number of nitrogens with one attached hydrogen (secondary N) is 2. The highest BCUT2D eigenvalue weighted by Gasteiger charge is 2.21. The fourth-order valence-corrected chi connectivity index (χ4v) is 2.07. The molecule has 1 amide bonds. The van der Waals surface area contributed by atoms with Gasteiger partial charge in [0.25, 0.3) is 0 Å². The van der Waals surface area contributed by atoms with E-state index < -0.39 is 0 Å². The molecule has 0 spiro atoms. The molecule has 3 nitrogen and oxygen atoms in total. The smallest absolute Gasteiger partial charge is 0.223 e. The van der Waals surface area contributed by atoms with Gasteiger partial charge in [-0.3, -0.25) is 4.79 Å². The third kappa shape index (κ3) is 4.20. The molecule has 0 bridgehead atoms. The monoisotopic (exact) mass is 212 g/mol. The van der Waals surface area contributed by atoms with Crippen LogP contribution in [0, 0.1) is 5.92 Å². The second-order valence-corrected chi connectivity index (χ2v) is 4.45. The van der Waals surface area contributed by atoms with Crippen molar-refractivity contribution >= 4 is 5.91 Å². The van der Waals surface area contributed by atoms with Gasteiger partial charge in [0.15, 0.2) is 0 Å². The van der Waals surface area contributed by atoms with Crippen molar-refractivity contribution < 1.29 is 4.79 Å². The third-order valence-corrected chi connectivity index (χ3v) is 3.18. The number of unbranched alkanes of at least 4 members (excludes halogenated alkanes) is 1. The minimum absolute atomic E-state index is 0.227. The van der Waals surface area contributed by atoms with Gasteiger partial charge >= 0.3 is 0 Å². The lowest BCUT2D eigenvalue weighted by molar-refractivity contribution is -0.125. The Morgan fingerprint density at radius 2 is 2.33 bits per heavy atom. The highest BCUT2D eigenvalue weighted by atomic mass is 16.1. The average Bonchev–Trinajstić information content (AvgIpc) is 2.71. The summed E-state index contributed by atoms with van der Waals surface area (Å²) < 4.78 is 0. The Labute approximate surface area is 93.0 Å². The van der Waals surface area contributed by atoms with E-state index in [0.717, 1.165) is 38.8 Å². The molecule has 1 unspecified atom stereocenters. The Bertz CT molecular complexity index is 188. The topological polar surface area (TPSA) is 41.1 Å². The first kappa shape index (κ1) is 12.5. The Morgan fingerprint density at radius 3 is 2.87 bits per heavy atom. The van der Waals surface area contributed by atoms with Crippen LogP contribution in [0.3, 0.4) is 0 Å². The van der Waals surface area contributed by atoms with Gasteiger partial charge in [-0.1, -0.05) is 26.7 Å². The number of carbonyl (C=O) groups excluding carboxylic acids is 1. The van der Waals surface area contributed by atoms with Gasteiger partial charge in [0.1, 0.15) is 0 Å². The largest absolute Gasteiger partial charge is 0.352 e. The zero-order chi connectivity index (χ0) is 11.1. The Balaban J connectivity index is 2.28. The molecule has 88 valence electrons. The first-order valence-corrected chi connectivity index (χ1v) is 6.29. The van der Waals surface area contributed by atoms with E-state index in [1.165, 1.54) is 6.42 Å². The van der Waals surface area contributed by atoms with E-state index in [2.05, 4.69) is 24.5 Å². The van der Waals surface area contributed by atoms with Crippen molar-refractivity contribution in [2.75, 3.05) is 13.1 Å². The maximum Gasteiger partial charge on any atom is 0.223 e. The molecule has 0 aromatic carbocycles. The Morgan fingerprint density at radius 1 is 1.53 bits per heavy atom. The van der Waals surface area contributed by atoms with E-state index >= 15 is 0 Å². The summed E-state index contributed by atoms with van der Waals surface area (Å²) in [7, 11) is 0. The summed E-state index contributed by atoms with van der Waals surface area (Å²) >= 11 is 0. The molecule has 1 aliphatic rings. The predicted molar refractivity (Wildman–Crippen MR) is 62.7 cm³/mol. The predicted octanol–water partition coefficient (Wildman–Crippen LogP) is 1.68. The van der Waals surface area contributed by atoms with E-state index in [1.807, 2.05) is 0 Å². The van der Waals surface area contributed by atoms with E-state index in [0.29, 0.717) is 6.04 Å². The molecule has 1 aliphatic heterocycles. The number of hydrogen-bond acceptors (Lipinski definition) is 2. The van der Waals surface area contributed by atoms with E-state index in [4.69, 9.17) is 0 Å². The van der Waals surface area contributed by atoms with Gasteiger partial charge < -0.3 is 10.6 Å². The summed E-state index contributed by atoms with van der Waals surface area (Å²) in [6, 6.07) is 0.369. The van der Waals surface area contributed by atoms with Crippen LogP contribution in [-0.4, -0.2) is 25.0 Å². The molecule has 0 radical (unpaired) electrons. The fourth-order valence-electron chi connectivity index (χ4n) is 2.07. The zero-order valence-electron chi connectivity index (χ0n) is 10.0. The van der Waals surface area contributed by atoms with Crippen LogP contribution in [-0.2, 0) is 4.79 Å². The van der Waals surface area contributed by atoms with Gasteiger partial charge in [0.05, 0.1) is 0 Å². The number of carbonyl (C=O) groups is 1. The van der Waals surface area contributed by atoms with Crippen LogP contribution in [0.4, 0.5) is 0 Å². The van der Waals surface area contributed by atoms with Crippen LogP contribution < -0.4 is 10.6 Å². The normalized spacial score (nSPS) is 22.7. The van der Waals surface area contributed by atoms with E-state index in [-0.39, 0.29) is 11.8 Å². The summed E-state index contributed by atoms with van der Waals surface area (Å²) in [6.45, 7) is 6.25. The summed E-state index contributed by atoms with van der Waals surface area (Å²) in [6.07, 6.45) is 5.42. The second kappa shape index (κ2) is 6.83. The minimum atomic E-state index is 0.227. The zero-order valence-corrected chi connectivity index (χ0v) is 10.0. The highest BCUT2D eigenvalue weighted by Crippen LogP contribution is 2.13. The summed E-state index contributed by atoms with van der Waals surface area (Å²) in [5, 5.41) is 6.40. The molecule has 1 rings (SSSR count). The molecule has 0 saturated carbocycles. The van der Waals surface area contributed by atoms with E-state index in [9.17, 15) is 4.79 Å². The third-order valence-electron chi connectivity index (χ3n) is 3.18. The minimum Gasteiger partial charge on any atom is -0.352 e. The average molecular weight is 212 g/mol. The lowest BCUT2D eigenvalue weighted by Crippen LogP contribution is -2.39. The van der Waals surface area contributed by atoms with Crippen molar-refractivity contribution in [3.63, 3.8) is 0 Å². The van der Waals surface area contributed by atoms with Crippen LogP contribution in [0.15, 0.2) is 0 Å². The van der Waals surface area contributed by atoms with Crippen molar-refractivity contribution in [1.82, 2.24) is 10.6 Å². The van der Waals surface area contributed by atoms with Gasteiger partial charge in [-0.2, -0.15) is 0 Å². The van der Waals surface area contributed by atoms with Crippen molar-refractivity contribution in [3.05, 3.63) is 0 Å². The van der Waals surface area contributed by atoms with Crippen LogP contribution in [0.2, 0.25) is 0 Å². The maximum atomic E-state index is 11.9. The summed E-state index contributed by atoms with van der Waals surface area (Å²) in [4.78, 5) is 11.9. The number of rotatable bonds is 6. The van der Waals surface area contributed by atoms with Gasteiger partial charge in [0, 0.05) is 18.5 Å². The van der Waals surface area contributed by atoms with Crippen LogP contribution >= 0.6 is 0 Å². The summed E-state index contributed by atoms with van der Waals surface area (Å²) in [5.74, 6) is 0.491. The lowest BCUT2D eigenvalue weighted by atomic mass is 9.98. The molecular weight excluding hydrogens is 188 g/mol. The van der Waals surface area contributed by atoms with Crippen LogP contribution in [0.25, 0.3) is 0 Å². The SMILES string of the molecule is CCCCC(CC)C(=O)N[C@H]1CCNC1. The number of amides is 1. The van der Waals surface area contributed by atoms with Gasteiger partial charge in [0.2, 0.25) is 5.91 Å². The molecular formula is C12H24N2O. The first-order chi connectivity index (χ1) is 7.27. The molecule has 1 heterocycles. The van der Waals surface area contributed by atoms with Crippen molar-refractivity contribution in [3.8, 4) is 0 Å². The van der Waals surface area contributed by atoms with Gasteiger partial charge in [-0.05, 0) is 25.8 Å². The number of hydrogen-bond donors (Lipinski definition) is 2. The molecule has 0 aliphatic carbocycles. The van der Waals surface area contributed by atoms with Gasteiger partial charge in [-0.25, -0.2) is 0 Å². The molecule has 2 atom stereocenters. The van der Waals surface area contributed by atoms with Crippen LogP contribution in [0.5, 0.6) is 0 Å². The molecule has 1 fully saturated rings. The molecule has 3 heteroatoms. The molecule has 1 saturated heterocycles. The standard InChI is InChI=1S/C12H24N2O/c1-3-5-6-10(4-2)12(15)14-11-7-8-13-9-11/h10-11,13H,3-9H2,1-2H3,(H,14,15)/t10?,11-/m0/s1. The molecule has 2 N–H and O–H groups in total. The maximum absolute atomic E-state index is 11.9. The molecule has 0 aromatic heterocycles. The van der Waals surface area contributed by atoms with Crippen LogP contribution in [0.1, 0.15) is 46.0 Å². The lowest BCUT2D eigenvalue weighted by Gasteiger charge is -2.17. The second-order valence-electron chi connectivity index (χ2n) is 4.45. The Kier molecular flexibility index (Phi) is 5.69. The van der Waals surface area contributed by atoms with Crippen molar-refractivity contribution in [1.29, 1.82) is 0 Å². The van der Waals surface area contributed by atoms with Crippen molar-refractivity contribution in [2.24, 2.45) is 5.92 Å². The Hall–Kier alpha value is -0.570.